The predicted octanol–water partition coefficient (Wildman–Crippen LogP) is 4.35. The van der Waals surface area contributed by atoms with Crippen molar-refractivity contribution < 1.29 is 0 Å². The Morgan fingerprint density at radius 1 is 1.30 bits per heavy atom. The topological polar surface area (TPSA) is 75.8 Å². The fourth-order valence-corrected chi connectivity index (χ4v) is 4.17. The molecule has 27 heavy (non-hydrogen) atoms. The molecule has 0 radical (unpaired) electrons. The molecule has 138 valence electrons. The molecule has 4 aromatic rings. The van der Waals surface area contributed by atoms with E-state index in [9.17, 15) is 0 Å². The molecule has 0 unspecified atom stereocenters. The van der Waals surface area contributed by atoms with Crippen LogP contribution in [-0.4, -0.2) is 35.9 Å². The van der Waals surface area contributed by atoms with Crippen molar-refractivity contribution in [1.82, 2.24) is 29.4 Å². The van der Waals surface area contributed by atoms with Gasteiger partial charge in [-0.1, -0.05) is 35.1 Å². The number of imidazole rings is 1. The molecule has 1 aliphatic rings. The monoisotopic (exact) mass is 417 g/mol. The van der Waals surface area contributed by atoms with Crippen molar-refractivity contribution in [2.45, 2.75) is 25.3 Å². The molecule has 0 spiro atoms. The first kappa shape index (κ1) is 16.9. The molecule has 5 rings (SSSR count). The molecule has 7 nitrogen and oxygen atoms in total. The minimum absolute atomic E-state index is 0.562. The SMILES string of the molecule is S=c1[nH]nc(C2CC2)n1CCNc1nn2cc(-c3ccc(Cl)cc3)nc2s1. The second-order valence-corrected chi connectivity index (χ2v) is 8.29. The Balaban J connectivity index is 1.27. The highest BCUT2D eigenvalue weighted by atomic mass is 35.5. The highest BCUT2D eigenvalue weighted by Crippen LogP contribution is 2.38. The average Bonchev–Trinajstić information content (AvgIpc) is 3.17. The van der Waals surface area contributed by atoms with E-state index < -0.39 is 0 Å². The lowest BCUT2D eigenvalue weighted by atomic mass is 10.2. The van der Waals surface area contributed by atoms with E-state index in [0.29, 0.717) is 15.7 Å². The Labute approximate surface area is 169 Å². The molecule has 0 aliphatic heterocycles. The molecule has 3 aromatic heterocycles. The van der Waals surface area contributed by atoms with Gasteiger partial charge < -0.3 is 9.88 Å². The number of benzene rings is 1. The van der Waals surface area contributed by atoms with Crippen molar-refractivity contribution in [3.8, 4) is 11.3 Å². The quantitative estimate of drug-likeness (QED) is 0.456. The Hall–Kier alpha value is -2.23. The van der Waals surface area contributed by atoms with E-state index in [4.69, 9.17) is 23.8 Å². The number of hydrogen-bond acceptors (Lipinski definition) is 6. The van der Waals surface area contributed by atoms with Crippen molar-refractivity contribution in [2.75, 3.05) is 11.9 Å². The second-order valence-electron chi connectivity index (χ2n) is 6.51. The Morgan fingerprint density at radius 2 is 2.11 bits per heavy atom. The molecule has 1 fully saturated rings. The van der Waals surface area contributed by atoms with Crippen molar-refractivity contribution in [3.63, 3.8) is 0 Å². The number of halogens is 1. The summed E-state index contributed by atoms with van der Waals surface area (Å²) in [6, 6.07) is 7.64. The number of H-pyrrole nitrogens is 1. The molecule has 0 atom stereocenters. The summed E-state index contributed by atoms with van der Waals surface area (Å²) < 4.78 is 4.56. The largest absolute Gasteiger partial charge is 0.358 e. The van der Waals surface area contributed by atoms with E-state index in [1.54, 1.807) is 4.52 Å². The lowest BCUT2D eigenvalue weighted by Gasteiger charge is -2.06. The summed E-state index contributed by atoms with van der Waals surface area (Å²) in [5.74, 6) is 1.63. The molecule has 1 aromatic carbocycles. The van der Waals surface area contributed by atoms with Crippen LogP contribution < -0.4 is 5.32 Å². The number of nitrogens with one attached hydrogen (secondary N) is 2. The molecule has 3 heterocycles. The average molecular weight is 418 g/mol. The summed E-state index contributed by atoms with van der Waals surface area (Å²) >= 11 is 12.8. The summed E-state index contributed by atoms with van der Waals surface area (Å²) in [7, 11) is 0. The van der Waals surface area contributed by atoms with Gasteiger partial charge in [0.15, 0.2) is 4.77 Å². The van der Waals surface area contributed by atoms with Gasteiger partial charge in [0.05, 0.1) is 11.9 Å². The first-order valence-electron chi connectivity index (χ1n) is 8.68. The van der Waals surface area contributed by atoms with Crippen molar-refractivity contribution in [3.05, 3.63) is 46.1 Å². The van der Waals surface area contributed by atoms with E-state index in [1.165, 1.54) is 24.2 Å². The molecule has 10 heteroatoms. The summed E-state index contributed by atoms with van der Waals surface area (Å²) in [4.78, 5) is 5.50. The predicted molar refractivity (Wildman–Crippen MR) is 109 cm³/mol. The van der Waals surface area contributed by atoms with Crippen molar-refractivity contribution in [2.24, 2.45) is 0 Å². The maximum atomic E-state index is 5.94. The molecule has 0 bridgehead atoms. The van der Waals surface area contributed by atoms with E-state index in [-0.39, 0.29) is 0 Å². The third-order valence-corrected chi connectivity index (χ3v) is 5.97. The first-order valence-corrected chi connectivity index (χ1v) is 10.3. The van der Waals surface area contributed by atoms with Gasteiger partial charge in [0, 0.05) is 29.6 Å². The number of aromatic nitrogens is 6. The van der Waals surface area contributed by atoms with Gasteiger partial charge in [0.2, 0.25) is 10.1 Å². The van der Waals surface area contributed by atoms with Crippen LogP contribution >= 0.6 is 35.2 Å². The molecule has 1 aliphatic carbocycles. The van der Waals surface area contributed by atoms with Crippen LogP contribution in [0.5, 0.6) is 0 Å². The molecular weight excluding hydrogens is 402 g/mol. The van der Waals surface area contributed by atoms with Crippen LogP contribution in [0, 0.1) is 4.77 Å². The van der Waals surface area contributed by atoms with Crippen LogP contribution in [0.4, 0.5) is 5.13 Å². The summed E-state index contributed by atoms with van der Waals surface area (Å²) in [6.07, 6.45) is 4.33. The maximum absolute atomic E-state index is 5.94. The smallest absolute Gasteiger partial charge is 0.214 e. The third kappa shape index (κ3) is 3.38. The summed E-state index contributed by atoms with van der Waals surface area (Å²) in [6.45, 7) is 1.49. The van der Waals surface area contributed by atoms with Gasteiger partial charge in [0.25, 0.3) is 0 Å². The van der Waals surface area contributed by atoms with E-state index in [0.717, 1.165) is 40.3 Å². The number of hydrogen-bond donors (Lipinski definition) is 2. The van der Waals surface area contributed by atoms with E-state index >= 15 is 0 Å². The molecular formula is C17H16ClN7S2. The molecule has 0 saturated heterocycles. The fourth-order valence-electron chi connectivity index (χ4n) is 3.01. The highest BCUT2D eigenvalue weighted by molar-refractivity contribution is 7.71. The highest BCUT2D eigenvalue weighted by Gasteiger charge is 2.28. The minimum Gasteiger partial charge on any atom is -0.358 e. The van der Waals surface area contributed by atoms with Gasteiger partial charge in [-0.05, 0) is 37.2 Å². The second kappa shape index (κ2) is 6.74. The zero-order valence-corrected chi connectivity index (χ0v) is 16.6. The number of aromatic amines is 1. The Bertz CT molecular complexity index is 1120. The lowest BCUT2D eigenvalue weighted by molar-refractivity contribution is 0.668. The van der Waals surface area contributed by atoms with Crippen LogP contribution in [0.2, 0.25) is 5.02 Å². The van der Waals surface area contributed by atoms with Gasteiger partial charge in [0.1, 0.15) is 5.82 Å². The van der Waals surface area contributed by atoms with Gasteiger partial charge in [-0.2, -0.15) is 5.10 Å². The normalized spacial score (nSPS) is 14.1. The zero-order valence-electron chi connectivity index (χ0n) is 14.2. The third-order valence-electron chi connectivity index (χ3n) is 4.53. The van der Waals surface area contributed by atoms with Gasteiger partial charge >= 0.3 is 0 Å². The van der Waals surface area contributed by atoms with Crippen molar-refractivity contribution >= 4 is 45.2 Å². The summed E-state index contributed by atoms with van der Waals surface area (Å²) in [5, 5.41) is 16.7. The minimum atomic E-state index is 0.562. The summed E-state index contributed by atoms with van der Waals surface area (Å²) in [5.41, 5.74) is 1.91. The Kier molecular flexibility index (Phi) is 4.22. The number of anilines is 1. The number of fused-ring (bicyclic) bond motifs is 1. The van der Waals surface area contributed by atoms with Crippen LogP contribution in [0.1, 0.15) is 24.6 Å². The standard InChI is InChI=1S/C17H16ClN7S2/c18-12-5-3-10(4-6-12)13-9-25-17(20-13)27-15(23-25)19-7-8-24-14(11-1-2-11)21-22-16(24)26/h3-6,9,11H,1-2,7-8H2,(H,19,23)(H,22,26). The number of nitrogens with zero attached hydrogens (tertiary/aromatic N) is 5. The molecule has 1 saturated carbocycles. The van der Waals surface area contributed by atoms with Gasteiger partial charge in [-0.3, -0.25) is 5.10 Å². The van der Waals surface area contributed by atoms with E-state index in [1.807, 2.05) is 30.5 Å². The van der Waals surface area contributed by atoms with Crippen LogP contribution in [0.25, 0.3) is 16.2 Å². The van der Waals surface area contributed by atoms with Crippen molar-refractivity contribution in [1.29, 1.82) is 0 Å². The van der Waals surface area contributed by atoms with E-state index in [2.05, 4.69) is 30.2 Å². The molecule has 0 amide bonds. The molecule has 2 N–H and O–H groups in total. The fraction of sp³-hybridized carbons (Fsp3) is 0.294. The number of rotatable bonds is 6. The Morgan fingerprint density at radius 3 is 2.85 bits per heavy atom. The van der Waals surface area contributed by atoms with Crippen LogP contribution in [0.3, 0.4) is 0 Å². The van der Waals surface area contributed by atoms with Crippen LogP contribution in [-0.2, 0) is 6.54 Å². The van der Waals surface area contributed by atoms with Gasteiger partial charge in [-0.15, -0.1) is 5.10 Å². The first-order chi connectivity index (χ1) is 13.2. The van der Waals surface area contributed by atoms with Gasteiger partial charge in [-0.25, -0.2) is 9.50 Å². The van der Waals surface area contributed by atoms with Crippen LogP contribution in [0.15, 0.2) is 30.5 Å². The maximum Gasteiger partial charge on any atom is 0.214 e. The zero-order chi connectivity index (χ0) is 18.4. The lowest BCUT2D eigenvalue weighted by Crippen LogP contribution is -2.13.